The van der Waals surface area contributed by atoms with Gasteiger partial charge < -0.3 is 19.7 Å². The van der Waals surface area contributed by atoms with Gasteiger partial charge in [-0.05, 0) is 77.8 Å². The van der Waals surface area contributed by atoms with Crippen molar-refractivity contribution in [2.75, 3.05) is 13.2 Å². The number of hydrogen-bond acceptors (Lipinski definition) is 4. The Morgan fingerprint density at radius 3 is 2.73 bits per heavy atom. The van der Waals surface area contributed by atoms with Gasteiger partial charge in [-0.2, -0.15) is 0 Å². The molecule has 2 N–H and O–H groups in total. The highest BCUT2D eigenvalue weighted by Crippen LogP contribution is 2.42. The molecule has 3 aromatic rings. The van der Waals surface area contributed by atoms with E-state index in [1.54, 1.807) is 0 Å². The van der Waals surface area contributed by atoms with E-state index in [0.29, 0.717) is 19.0 Å². The van der Waals surface area contributed by atoms with Crippen LogP contribution in [0.1, 0.15) is 40.2 Å². The van der Waals surface area contributed by atoms with Crippen LogP contribution in [0.25, 0.3) is 11.1 Å². The van der Waals surface area contributed by atoms with Crippen molar-refractivity contribution in [1.82, 2.24) is 0 Å². The molecule has 0 fully saturated rings. The van der Waals surface area contributed by atoms with Gasteiger partial charge in [0.2, 0.25) is 0 Å². The van der Waals surface area contributed by atoms with Gasteiger partial charge in [-0.3, -0.25) is 0 Å². The number of aliphatic hydroxyl groups is 1. The summed E-state index contributed by atoms with van der Waals surface area (Å²) in [4.78, 5) is 0. The Kier molecular flexibility index (Phi) is 4.87. The second-order valence-corrected chi connectivity index (χ2v) is 8.25. The predicted molar refractivity (Wildman–Crippen MR) is 116 cm³/mol. The van der Waals surface area contributed by atoms with Crippen molar-refractivity contribution in [3.63, 3.8) is 0 Å². The van der Waals surface area contributed by atoms with Gasteiger partial charge in [-0.15, -0.1) is 0 Å². The average molecular weight is 402 g/mol. The van der Waals surface area contributed by atoms with Crippen LogP contribution in [-0.4, -0.2) is 23.4 Å². The van der Waals surface area contributed by atoms with Gasteiger partial charge in [0.25, 0.3) is 0 Å². The summed E-state index contributed by atoms with van der Waals surface area (Å²) >= 11 is 0. The van der Waals surface area contributed by atoms with Gasteiger partial charge in [0.15, 0.2) is 0 Å². The first-order valence-corrected chi connectivity index (χ1v) is 10.6. The maximum absolute atomic E-state index is 10.1. The molecule has 154 valence electrons. The topological polar surface area (TPSA) is 58.9 Å². The van der Waals surface area contributed by atoms with Crippen LogP contribution >= 0.6 is 0 Å². The highest BCUT2D eigenvalue weighted by molar-refractivity contribution is 5.76. The summed E-state index contributed by atoms with van der Waals surface area (Å²) in [6.07, 6.45) is 2.70. The van der Waals surface area contributed by atoms with Crippen molar-refractivity contribution < 1.29 is 19.7 Å². The third-order valence-corrected chi connectivity index (χ3v) is 6.31. The summed E-state index contributed by atoms with van der Waals surface area (Å²) in [6, 6.07) is 16.3. The Morgan fingerprint density at radius 1 is 1.07 bits per heavy atom. The molecule has 0 aromatic heterocycles. The second-order valence-electron chi connectivity index (χ2n) is 8.25. The Labute approximate surface area is 176 Å². The van der Waals surface area contributed by atoms with Crippen LogP contribution in [-0.2, 0) is 19.4 Å². The fraction of sp³-hybridized carbons (Fsp3) is 0.308. The fourth-order valence-corrected chi connectivity index (χ4v) is 4.66. The minimum absolute atomic E-state index is 0.172. The highest BCUT2D eigenvalue weighted by Gasteiger charge is 2.25. The Bertz CT molecular complexity index is 1100. The molecule has 2 aliphatic rings. The monoisotopic (exact) mass is 402 g/mol. The number of rotatable bonds is 6. The molecule has 0 saturated heterocycles. The molecule has 5 rings (SSSR count). The molecular weight excluding hydrogens is 376 g/mol. The Balaban J connectivity index is 1.34. The van der Waals surface area contributed by atoms with Crippen LogP contribution in [0.2, 0.25) is 0 Å². The van der Waals surface area contributed by atoms with Gasteiger partial charge in [0, 0.05) is 24.2 Å². The van der Waals surface area contributed by atoms with Crippen molar-refractivity contribution in [2.24, 2.45) is 0 Å². The normalized spacial score (nSPS) is 16.4. The second kappa shape index (κ2) is 7.69. The number of aryl methyl sites for hydroxylation is 1. The van der Waals surface area contributed by atoms with Gasteiger partial charge in [0.05, 0.1) is 6.61 Å². The summed E-state index contributed by atoms with van der Waals surface area (Å²) in [7, 11) is 0. The highest BCUT2D eigenvalue weighted by atomic mass is 16.5. The average Bonchev–Trinajstić information content (AvgIpc) is 3.11. The van der Waals surface area contributed by atoms with Crippen molar-refractivity contribution in [3.05, 3.63) is 76.3 Å². The molecule has 0 radical (unpaired) electrons. The van der Waals surface area contributed by atoms with E-state index < -0.39 is 0 Å². The quantitative estimate of drug-likeness (QED) is 0.615. The van der Waals surface area contributed by atoms with Crippen molar-refractivity contribution in [3.8, 4) is 28.4 Å². The van der Waals surface area contributed by atoms with Gasteiger partial charge in [-0.1, -0.05) is 24.3 Å². The molecule has 1 atom stereocenters. The van der Waals surface area contributed by atoms with Crippen LogP contribution in [0.15, 0.2) is 48.5 Å². The molecule has 1 heterocycles. The summed E-state index contributed by atoms with van der Waals surface area (Å²) in [6.45, 7) is 3.33. The van der Waals surface area contributed by atoms with Gasteiger partial charge >= 0.3 is 0 Å². The van der Waals surface area contributed by atoms with E-state index in [9.17, 15) is 10.2 Å². The lowest BCUT2D eigenvalue weighted by atomic mass is 9.79. The first kappa shape index (κ1) is 19.0. The van der Waals surface area contributed by atoms with E-state index in [1.807, 2.05) is 24.3 Å². The van der Waals surface area contributed by atoms with Crippen molar-refractivity contribution in [2.45, 2.75) is 38.7 Å². The third-order valence-electron chi connectivity index (χ3n) is 6.31. The smallest absolute Gasteiger partial charge is 0.126 e. The van der Waals surface area contributed by atoms with Crippen LogP contribution in [0.4, 0.5) is 0 Å². The molecular formula is C26H26O4. The summed E-state index contributed by atoms with van der Waals surface area (Å²) < 4.78 is 11.8. The number of phenolic OH excluding ortho intramolecular Hbond substituents is 1. The zero-order valence-corrected chi connectivity index (χ0v) is 17.1. The lowest BCUT2D eigenvalue weighted by Gasteiger charge is -2.26. The molecule has 0 unspecified atom stereocenters. The third kappa shape index (κ3) is 3.31. The Morgan fingerprint density at radius 2 is 1.93 bits per heavy atom. The first-order valence-electron chi connectivity index (χ1n) is 10.6. The van der Waals surface area contributed by atoms with Crippen LogP contribution in [0, 0.1) is 6.92 Å². The number of hydrogen-bond donors (Lipinski definition) is 2. The molecule has 1 aliphatic heterocycles. The fourth-order valence-electron chi connectivity index (χ4n) is 4.66. The minimum atomic E-state index is 0.172. The lowest BCUT2D eigenvalue weighted by Crippen LogP contribution is -2.11. The van der Waals surface area contributed by atoms with Crippen LogP contribution in [0.5, 0.6) is 17.2 Å². The van der Waals surface area contributed by atoms with Crippen molar-refractivity contribution in [1.29, 1.82) is 0 Å². The minimum Gasteiger partial charge on any atom is -0.508 e. The molecule has 0 spiro atoms. The molecule has 3 aromatic carbocycles. The zero-order chi connectivity index (χ0) is 20.7. The van der Waals surface area contributed by atoms with E-state index >= 15 is 0 Å². The standard InChI is InChI=1S/C26H26O4/c1-16-11-24(28)22-7-8-23(22)26(16)18-4-2-3-17(12-18)14-29-20-5-6-21-19(9-10-27)15-30-25(21)13-20/h2-6,11-13,19,27-28H,7-10,14-15H2,1H3/t19-/m1/s1. The molecule has 0 saturated carbocycles. The van der Waals surface area contributed by atoms with Gasteiger partial charge in [0.1, 0.15) is 23.9 Å². The Hall–Kier alpha value is -2.98. The molecule has 0 amide bonds. The van der Waals surface area contributed by atoms with E-state index in [0.717, 1.165) is 53.0 Å². The number of aliphatic hydroxyl groups excluding tert-OH is 1. The molecule has 0 bridgehead atoms. The van der Waals surface area contributed by atoms with Crippen molar-refractivity contribution >= 4 is 0 Å². The number of benzene rings is 3. The number of phenols is 1. The van der Waals surface area contributed by atoms with E-state index in [1.165, 1.54) is 16.7 Å². The predicted octanol–water partition coefficient (Wildman–Crippen LogP) is 4.90. The summed E-state index contributed by atoms with van der Waals surface area (Å²) in [5, 5.41) is 19.3. The van der Waals surface area contributed by atoms with E-state index in [4.69, 9.17) is 9.47 Å². The van der Waals surface area contributed by atoms with Crippen LogP contribution < -0.4 is 9.47 Å². The largest absolute Gasteiger partial charge is 0.508 e. The van der Waals surface area contributed by atoms with Gasteiger partial charge in [-0.25, -0.2) is 0 Å². The number of aromatic hydroxyl groups is 1. The molecule has 30 heavy (non-hydrogen) atoms. The molecule has 1 aliphatic carbocycles. The summed E-state index contributed by atoms with van der Waals surface area (Å²) in [5.41, 5.74) is 8.16. The molecule has 4 nitrogen and oxygen atoms in total. The van der Waals surface area contributed by atoms with E-state index in [-0.39, 0.29) is 12.5 Å². The first-order chi connectivity index (χ1) is 14.6. The summed E-state index contributed by atoms with van der Waals surface area (Å²) in [5.74, 6) is 2.34. The number of ether oxygens (including phenoxy) is 2. The lowest BCUT2D eigenvalue weighted by molar-refractivity contribution is 0.254. The molecule has 4 heteroatoms. The van der Waals surface area contributed by atoms with Crippen LogP contribution in [0.3, 0.4) is 0 Å². The number of fused-ring (bicyclic) bond motifs is 2. The van der Waals surface area contributed by atoms with E-state index in [2.05, 4.69) is 31.2 Å². The maximum Gasteiger partial charge on any atom is 0.126 e. The maximum atomic E-state index is 10.1. The SMILES string of the molecule is Cc1cc(O)c2c(c1-c1cccc(COc3ccc4c(c3)OC[C@H]4CCO)c1)CC2. The zero-order valence-electron chi connectivity index (χ0n) is 17.1.